The zero-order valence-corrected chi connectivity index (χ0v) is 15.9. The highest BCUT2D eigenvalue weighted by Gasteiger charge is 2.23. The van der Waals surface area contributed by atoms with E-state index < -0.39 is 0 Å². The van der Waals surface area contributed by atoms with Crippen LogP contribution in [-0.2, 0) is 7.05 Å². The van der Waals surface area contributed by atoms with E-state index in [1.54, 1.807) is 0 Å². The summed E-state index contributed by atoms with van der Waals surface area (Å²) in [7, 11) is 2.13. The molecule has 0 aliphatic heterocycles. The highest BCUT2D eigenvalue weighted by Crippen LogP contribution is 2.29. The molecule has 0 atom stereocenters. The van der Waals surface area contributed by atoms with E-state index in [9.17, 15) is 0 Å². The molecule has 0 unspecified atom stereocenters. The molecule has 0 spiro atoms. The number of rotatable bonds is 2. The zero-order valence-electron chi connectivity index (χ0n) is 15.9. The molecular weight excluding hydrogens is 292 g/mol. The van der Waals surface area contributed by atoms with E-state index >= 15 is 0 Å². The summed E-state index contributed by atoms with van der Waals surface area (Å²) in [6, 6.07) is 11.1. The van der Waals surface area contributed by atoms with Gasteiger partial charge in [-0.2, -0.15) is 0 Å². The minimum atomic E-state index is 0.489. The Labute approximate surface area is 145 Å². The van der Waals surface area contributed by atoms with Crippen LogP contribution in [0.4, 0.5) is 0 Å². The molecule has 3 aromatic rings. The van der Waals surface area contributed by atoms with Crippen LogP contribution in [-0.4, -0.2) is 4.98 Å². The monoisotopic (exact) mass is 319 g/mol. The molecule has 0 bridgehead atoms. The number of aryl methyl sites for hydroxylation is 4. The summed E-state index contributed by atoms with van der Waals surface area (Å²) in [5.41, 5.74) is 8.88. The Morgan fingerprint density at radius 1 is 1.00 bits per heavy atom. The first kappa shape index (κ1) is 16.6. The van der Waals surface area contributed by atoms with Crippen LogP contribution in [0.1, 0.15) is 47.7 Å². The number of aromatic nitrogens is 2. The van der Waals surface area contributed by atoms with Crippen molar-refractivity contribution in [3.05, 3.63) is 58.3 Å². The summed E-state index contributed by atoms with van der Waals surface area (Å²) in [5, 5.41) is 1.29. The van der Waals surface area contributed by atoms with Gasteiger partial charge in [-0.05, 0) is 66.1 Å². The van der Waals surface area contributed by atoms with Gasteiger partial charge in [0, 0.05) is 6.92 Å². The minimum absolute atomic E-state index is 0.489. The zero-order chi connectivity index (χ0) is 17.6. The molecule has 0 saturated carbocycles. The first-order chi connectivity index (χ1) is 11.3. The van der Waals surface area contributed by atoms with Crippen molar-refractivity contribution in [2.24, 2.45) is 7.05 Å². The van der Waals surface area contributed by atoms with E-state index in [0.717, 1.165) is 11.5 Å². The second-order valence-corrected chi connectivity index (χ2v) is 7.23. The molecule has 0 N–H and O–H groups in total. The number of nitrogens with zero attached hydrogens (tertiary/aromatic N) is 2. The first-order valence-corrected chi connectivity index (χ1v) is 8.68. The summed E-state index contributed by atoms with van der Waals surface area (Å²) in [6.45, 7) is 13.1. The number of benzene rings is 2. The summed E-state index contributed by atoms with van der Waals surface area (Å²) < 4.78 is 2.25. The highest BCUT2D eigenvalue weighted by molar-refractivity contribution is 5.83. The van der Waals surface area contributed by atoms with Crippen molar-refractivity contribution in [3.8, 4) is 11.4 Å². The van der Waals surface area contributed by atoms with Crippen LogP contribution in [0.5, 0.6) is 0 Å². The van der Waals surface area contributed by atoms with Gasteiger partial charge >= 0.3 is 5.82 Å². The molecule has 0 fully saturated rings. The maximum Gasteiger partial charge on any atom is 0.331 e. The number of hydrogen-bond acceptors (Lipinski definition) is 1. The first-order valence-electron chi connectivity index (χ1n) is 8.68. The Morgan fingerprint density at radius 3 is 2.38 bits per heavy atom. The fourth-order valence-corrected chi connectivity index (χ4v) is 3.63. The number of fused-ring (bicyclic) bond motifs is 1. The maximum absolute atomic E-state index is 5.02. The van der Waals surface area contributed by atoms with Gasteiger partial charge < -0.3 is 0 Å². The summed E-state index contributed by atoms with van der Waals surface area (Å²) in [5.74, 6) is 1.54. The van der Waals surface area contributed by atoms with Crippen molar-refractivity contribution >= 4 is 10.9 Å². The SMILES string of the molecule is Cc1cc(C)c(C)c(-c2nc(C)c3c(C(C)C)cccc3[n+]2C)c1. The Hall–Kier alpha value is -2.22. The average molecular weight is 319 g/mol. The van der Waals surface area contributed by atoms with Crippen LogP contribution in [0.15, 0.2) is 30.3 Å². The van der Waals surface area contributed by atoms with Crippen LogP contribution in [0.25, 0.3) is 22.3 Å². The van der Waals surface area contributed by atoms with E-state index in [0.29, 0.717) is 5.92 Å². The van der Waals surface area contributed by atoms with Crippen molar-refractivity contribution in [1.29, 1.82) is 0 Å². The fourth-order valence-electron chi connectivity index (χ4n) is 3.63. The van der Waals surface area contributed by atoms with Crippen molar-refractivity contribution in [3.63, 3.8) is 0 Å². The molecule has 24 heavy (non-hydrogen) atoms. The lowest BCUT2D eigenvalue weighted by atomic mass is 9.96. The summed E-state index contributed by atoms with van der Waals surface area (Å²) in [4.78, 5) is 5.02. The van der Waals surface area contributed by atoms with Gasteiger partial charge in [0.05, 0.1) is 18.0 Å². The van der Waals surface area contributed by atoms with E-state index in [-0.39, 0.29) is 0 Å². The lowest BCUT2D eigenvalue weighted by Crippen LogP contribution is -2.34. The van der Waals surface area contributed by atoms with E-state index in [1.807, 2.05) is 0 Å². The molecule has 0 aliphatic carbocycles. The smallest absolute Gasteiger partial charge is 0.226 e. The van der Waals surface area contributed by atoms with Gasteiger partial charge in [-0.25, -0.2) is 4.57 Å². The van der Waals surface area contributed by atoms with Gasteiger partial charge in [-0.15, -0.1) is 0 Å². The maximum atomic E-state index is 5.02. The molecule has 0 radical (unpaired) electrons. The second-order valence-electron chi connectivity index (χ2n) is 7.23. The van der Waals surface area contributed by atoms with Crippen LogP contribution in [0.3, 0.4) is 0 Å². The van der Waals surface area contributed by atoms with E-state index in [4.69, 9.17) is 4.98 Å². The third kappa shape index (κ3) is 2.60. The van der Waals surface area contributed by atoms with Gasteiger partial charge in [0.2, 0.25) is 0 Å². The highest BCUT2D eigenvalue weighted by atomic mass is 15.0. The van der Waals surface area contributed by atoms with Gasteiger partial charge in [0.25, 0.3) is 0 Å². The van der Waals surface area contributed by atoms with E-state index in [1.165, 1.54) is 38.7 Å². The lowest BCUT2D eigenvalue weighted by Gasteiger charge is -2.13. The Balaban J connectivity index is 2.39. The van der Waals surface area contributed by atoms with Gasteiger partial charge in [0.15, 0.2) is 5.69 Å². The van der Waals surface area contributed by atoms with Gasteiger partial charge in [-0.3, -0.25) is 0 Å². The molecule has 2 nitrogen and oxygen atoms in total. The molecule has 2 heteroatoms. The van der Waals surface area contributed by atoms with Crippen molar-refractivity contribution in [2.45, 2.75) is 47.5 Å². The van der Waals surface area contributed by atoms with Gasteiger partial charge in [0.1, 0.15) is 5.52 Å². The third-order valence-corrected chi connectivity index (χ3v) is 5.06. The normalized spacial score (nSPS) is 11.5. The third-order valence-electron chi connectivity index (χ3n) is 5.06. The fraction of sp³-hybridized carbons (Fsp3) is 0.364. The van der Waals surface area contributed by atoms with Gasteiger partial charge in [-0.1, -0.05) is 32.0 Å². The van der Waals surface area contributed by atoms with Crippen molar-refractivity contribution < 1.29 is 4.57 Å². The minimum Gasteiger partial charge on any atom is -0.226 e. The molecular formula is C22H27N2+. The quantitative estimate of drug-likeness (QED) is 0.602. The topological polar surface area (TPSA) is 16.8 Å². The molecule has 1 heterocycles. The van der Waals surface area contributed by atoms with Crippen LogP contribution >= 0.6 is 0 Å². The lowest BCUT2D eigenvalue weighted by molar-refractivity contribution is -0.636. The molecule has 3 rings (SSSR count). The second kappa shape index (κ2) is 6.01. The molecule has 124 valence electrons. The predicted octanol–water partition coefficient (Wildman–Crippen LogP) is 5.08. The largest absolute Gasteiger partial charge is 0.331 e. The standard InChI is InChI=1S/C22H27N2/c1-13(2)18-9-8-10-20-21(18)17(6)23-22(24(20)7)19-12-14(3)11-15(4)16(19)5/h8-13H,1-7H3/q+1. The molecule has 2 aromatic carbocycles. The Bertz CT molecular complexity index is 937. The molecule has 1 aromatic heterocycles. The summed E-state index contributed by atoms with van der Waals surface area (Å²) in [6.07, 6.45) is 0. The van der Waals surface area contributed by atoms with Crippen molar-refractivity contribution in [1.82, 2.24) is 4.98 Å². The molecule has 0 saturated heterocycles. The van der Waals surface area contributed by atoms with Crippen LogP contribution in [0, 0.1) is 27.7 Å². The van der Waals surface area contributed by atoms with Crippen molar-refractivity contribution in [2.75, 3.05) is 0 Å². The molecule has 0 aliphatic rings. The van der Waals surface area contributed by atoms with Crippen LogP contribution in [0.2, 0.25) is 0 Å². The Kier molecular flexibility index (Phi) is 4.16. The average Bonchev–Trinajstić information content (AvgIpc) is 2.53. The predicted molar refractivity (Wildman–Crippen MR) is 101 cm³/mol. The Morgan fingerprint density at radius 2 is 1.71 bits per heavy atom. The van der Waals surface area contributed by atoms with E-state index in [2.05, 4.69) is 83.5 Å². The number of hydrogen-bond donors (Lipinski definition) is 0. The van der Waals surface area contributed by atoms with Crippen LogP contribution < -0.4 is 4.57 Å². The summed E-state index contributed by atoms with van der Waals surface area (Å²) >= 11 is 0. The molecule has 0 amide bonds.